The van der Waals surface area contributed by atoms with Crippen molar-refractivity contribution in [1.29, 1.82) is 0 Å². The van der Waals surface area contributed by atoms with E-state index in [4.69, 9.17) is 39.5 Å². The summed E-state index contributed by atoms with van der Waals surface area (Å²) in [6, 6.07) is 8.00. The Kier molecular flexibility index (Phi) is 7.48. The first kappa shape index (κ1) is 26.6. The second-order valence-electron chi connectivity index (χ2n) is 8.68. The molecule has 0 radical (unpaired) electrons. The highest BCUT2D eigenvalue weighted by molar-refractivity contribution is 7.89. The van der Waals surface area contributed by atoms with Crippen molar-refractivity contribution in [3.63, 3.8) is 0 Å². The van der Waals surface area contributed by atoms with E-state index in [1.807, 2.05) is 13.8 Å². The van der Waals surface area contributed by atoms with Crippen LogP contribution < -0.4 is 4.74 Å². The number of benzene rings is 2. The van der Waals surface area contributed by atoms with E-state index in [9.17, 15) is 18.0 Å². The summed E-state index contributed by atoms with van der Waals surface area (Å²) in [5.74, 6) is -0.477. The van der Waals surface area contributed by atoms with Gasteiger partial charge in [-0.25, -0.2) is 12.7 Å². The third-order valence-electron chi connectivity index (χ3n) is 6.07. The number of hydrogen-bond acceptors (Lipinski definition) is 5. The lowest BCUT2D eigenvalue weighted by atomic mass is 10.00. The molecule has 2 aromatic carbocycles. The first-order valence-corrected chi connectivity index (χ1v) is 13.7. The summed E-state index contributed by atoms with van der Waals surface area (Å²) in [6.07, 6.45) is 1.44. The van der Waals surface area contributed by atoms with E-state index in [1.165, 1.54) is 41.3 Å². The third-order valence-corrected chi connectivity index (χ3v) is 8.87. The molecule has 1 atom stereocenters. The number of sulfonamides is 1. The first-order chi connectivity index (χ1) is 16.9. The van der Waals surface area contributed by atoms with Crippen LogP contribution in [0.25, 0.3) is 0 Å². The molecule has 8 nitrogen and oxygen atoms in total. The molecule has 192 valence electrons. The maximum Gasteiger partial charge on any atom is 0.269 e. The maximum atomic E-state index is 13.9. The quantitative estimate of drug-likeness (QED) is 0.507. The van der Waals surface area contributed by atoms with Crippen molar-refractivity contribution in [2.45, 2.75) is 43.7 Å². The van der Waals surface area contributed by atoms with Gasteiger partial charge in [-0.1, -0.05) is 40.9 Å². The Hall–Kier alpha value is -2.46. The minimum absolute atomic E-state index is 0.0895. The van der Waals surface area contributed by atoms with Crippen LogP contribution in [0.5, 0.6) is 5.75 Å². The van der Waals surface area contributed by atoms with Crippen molar-refractivity contribution in [2.24, 2.45) is 0 Å². The lowest BCUT2D eigenvalue weighted by Gasteiger charge is -2.47. The number of carbonyl (C=O) groups is 2. The fourth-order valence-corrected chi connectivity index (χ4v) is 6.49. The Bertz CT molecular complexity index is 1360. The Labute approximate surface area is 225 Å². The Morgan fingerprint density at radius 3 is 2.42 bits per heavy atom. The van der Waals surface area contributed by atoms with Crippen LogP contribution in [0.15, 0.2) is 53.3 Å². The highest BCUT2D eigenvalue weighted by Gasteiger charge is 2.47. The lowest BCUT2D eigenvalue weighted by molar-refractivity contribution is -0.148. The zero-order valence-corrected chi connectivity index (χ0v) is 22.8. The second kappa shape index (κ2) is 10.1. The lowest BCUT2D eigenvalue weighted by Crippen LogP contribution is -2.61. The zero-order chi connectivity index (χ0) is 26.4. The molecule has 0 aliphatic carbocycles. The van der Waals surface area contributed by atoms with Gasteiger partial charge in [0.15, 0.2) is 0 Å². The summed E-state index contributed by atoms with van der Waals surface area (Å²) in [5.41, 5.74) is 0.678. The van der Waals surface area contributed by atoms with E-state index < -0.39 is 16.1 Å². The average Bonchev–Trinajstić information content (AvgIpc) is 2.82. The Balaban J connectivity index is 1.83. The van der Waals surface area contributed by atoms with Gasteiger partial charge in [0, 0.05) is 36.7 Å². The van der Waals surface area contributed by atoms with Gasteiger partial charge in [0.2, 0.25) is 11.8 Å². The molecule has 36 heavy (non-hydrogen) atoms. The van der Waals surface area contributed by atoms with Gasteiger partial charge in [0.1, 0.15) is 22.5 Å². The van der Waals surface area contributed by atoms with Gasteiger partial charge < -0.3 is 9.64 Å². The van der Waals surface area contributed by atoms with Crippen molar-refractivity contribution in [3.8, 4) is 5.75 Å². The van der Waals surface area contributed by atoms with Gasteiger partial charge >= 0.3 is 0 Å². The summed E-state index contributed by atoms with van der Waals surface area (Å²) in [5, 5.41) is 0.895. The smallest absolute Gasteiger partial charge is 0.269 e. The SMILES string of the molecule is COc1ccc(Cl)cc1S(=O)(=O)N1CCC(=O)N2C1=CN(C(C)C)C(=O)C2Cc1ccc(Cl)c(Cl)c1. The number of halogens is 3. The molecule has 0 saturated carbocycles. The highest BCUT2D eigenvalue weighted by Crippen LogP contribution is 2.37. The van der Waals surface area contributed by atoms with Crippen LogP contribution in [0.3, 0.4) is 0 Å². The predicted molar refractivity (Wildman–Crippen MR) is 137 cm³/mol. The predicted octanol–water partition coefficient (Wildman–Crippen LogP) is 4.54. The largest absolute Gasteiger partial charge is 0.495 e. The molecule has 1 unspecified atom stereocenters. The number of rotatable bonds is 6. The molecule has 2 aliphatic heterocycles. The minimum atomic E-state index is -4.21. The van der Waals surface area contributed by atoms with Crippen LogP contribution in [-0.2, 0) is 26.0 Å². The molecular formula is C24H24Cl3N3O5S. The number of hydrogen-bond donors (Lipinski definition) is 0. The normalized spacial score (nSPS) is 18.5. The third kappa shape index (κ3) is 4.77. The molecule has 2 amide bonds. The zero-order valence-electron chi connectivity index (χ0n) is 19.7. The molecule has 1 fully saturated rings. The van der Waals surface area contributed by atoms with Gasteiger partial charge in [-0.2, -0.15) is 0 Å². The molecule has 1 saturated heterocycles. The van der Waals surface area contributed by atoms with E-state index in [2.05, 4.69) is 0 Å². The number of ether oxygens (including phenoxy) is 1. The monoisotopic (exact) mass is 571 g/mol. The van der Waals surface area contributed by atoms with Crippen molar-refractivity contribution < 1.29 is 22.7 Å². The molecule has 4 rings (SSSR count). The molecule has 2 aliphatic rings. The molecule has 0 spiro atoms. The number of fused-ring (bicyclic) bond motifs is 1. The van der Waals surface area contributed by atoms with Crippen molar-refractivity contribution in [3.05, 3.63) is 69.1 Å². The summed E-state index contributed by atoms with van der Waals surface area (Å²) < 4.78 is 34.1. The van der Waals surface area contributed by atoms with Gasteiger partial charge in [-0.15, -0.1) is 0 Å². The molecule has 2 heterocycles. The molecule has 0 aromatic heterocycles. The fraction of sp³-hybridized carbons (Fsp3) is 0.333. The second-order valence-corrected chi connectivity index (χ2v) is 11.8. The van der Waals surface area contributed by atoms with Gasteiger partial charge in [0.25, 0.3) is 10.0 Å². The van der Waals surface area contributed by atoms with Crippen molar-refractivity contribution in [1.82, 2.24) is 14.1 Å². The van der Waals surface area contributed by atoms with Crippen molar-refractivity contribution in [2.75, 3.05) is 13.7 Å². The fourth-order valence-electron chi connectivity index (χ4n) is 4.30. The van der Waals surface area contributed by atoms with Crippen LogP contribution in [0.1, 0.15) is 25.8 Å². The summed E-state index contributed by atoms with van der Waals surface area (Å²) >= 11 is 18.3. The van der Waals surface area contributed by atoms with Crippen LogP contribution in [0, 0.1) is 0 Å². The Morgan fingerprint density at radius 2 is 1.78 bits per heavy atom. The van der Waals surface area contributed by atoms with Gasteiger partial charge in [0.05, 0.1) is 17.2 Å². The summed E-state index contributed by atoms with van der Waals surface area (Å²) in [6.45, 7) is 3.52. The van der Waals surface area contributed by atoms with E-state index >= 15 is 0 Å². The van der Waals surface area contributed by atoms with E-state index in [-0.39, 0.29) is 58.7 Å². The molecule has 0 bridgehead atoms. The van der Waals surface area contributed by atoms with Gasteiger partial charge in [-0.05, 0) is 49.7 Å². The minimum Gasteiger partial charge on any atom is -0.495 e. The first-order valence-electron chi connectivity index (χ1n) is 11.1. The summed E-state index contributed by atoms with van der Waals surface area (Å²) in [7, 11) is -2.85. The maximum absolute atomic E-state index is 13.9. The standard InChI is InChI=1S/C24H24Cl3N3O5S/c1-14(2)28-13-22-29(36(33,34)21-12-16(25)5-7-20(21)35-3)9-8-23(31)30(22)19(24(28)32)11-15-4-6-17(26)18(27)10-15/h4-7,10,12-14,19H,8-9,11H2,1-3H3. The van der Waals surface area contributed by atoms with Crippen LogP contribution in [-0.4, -0.2) is 60.1 Å². The summed E-state index contributed by atoms with van der Waals surface area (Å²) in [4.78, 5) is 29.3. The Morgan fingerprint density at radius 1 is 1.06 bits per heavy atom. The van der Waals surface area contributed by atoms with E-state index in [1.54, 1.807) is 18.2 Å². The highest BCUT2D eigenvalue weighted by atomic mass is 35.5. The molecule has 2 aromatic rings. The average molecular weight is 573 g/mol. The van der Waals surface area contributed by atoms with Crippen LogP contribution in [0.4, 0.5) is 0 Å². The number of methoxy groups -OCH3 is 1. The van der Waals surface area contributed by atoms with Crippen LogP contribution >= 0.6 is 34.8 Å². The van der Waals surface area contributed by atoms with E-state index in [0.29, 0.717) is 15.6 Å². The number of carbonyl (C=O) groups excluding carboxylic acids is 2. The van der Waals surface area contributed by atoms with Crippen molar-refractivity contribution >= 4 is 56.6 Å². The van der Waals surface area contributed by atoms with E-state index in [0.717, 1.165) is 4.31 Å². The number of amides is 2. The van der Waals surface area contributed by atoms with Crippen LogP contribution in [0.2, 0.25) is 15.1 Å². The molecular weight excluding hydrogens is 549 g/mol. The number of nitrogens with zero attached hydrogens (tertiary/aromatic N) is 3. The van der Waals surface area contributed by atoms with Gasteiger partial charge in [-0.3, -0.25) is 14.5 Å². The topological polar surface area (TPSA) is 87.2 Å². The molecule has 0 N–H and O–H groups in total. The molecule has 12 heteroatoms.